The molecule has 0 unspecified atom stereocenters. The Morgan fingerprint density at radius 3 is 2.50 bits per heavy atom. The number of carbonyl (C=O) groups is 2. The van der Waals surface area contributed by atoms with Crippen LogP contribution >= 0.6 is 11.6 Å². The SMILES string of the molecule is CCC(=O)c1ccc(OC(=O)/C=C/c2cccc(Cl)c2)cc1. The zero-order valence-electron chi connectivity index (χ0n) is 12.1. The monoisotopic (exact) mass is 314 g/mol. The molecule has 0 amide bonds. The van der Waals surface area contributed by atoms with Crippen molar-refractivity contribution in [3.63, 3.8) is 0 Å². The zero-order chi connectivity index (χ0) is 15.9. The third-order valence-corrected chi connectivity index (χ3v) is 3.21. The van der Waals surface area contributed by atoms with Crippen LogP contribution in [0.5, 0.6) is 5.75 Å². The van der Waals surface area contributed by atoms with Crippen LogP contribution in [0, 0.1) is 0 Å². The molecule has 112 valence electrons. The molecule has 0 aromatic heterocycles. The van der Waals surface area contributed by atoms with Crippen molar-refractivity contribution in [2.24, 2.45) is 0 Å². The lowest BCUT2D eigenvalue weighted by atomic mass is 10.1. The quantitative estimate of drug-likeness (QED) is 0.352. The highest BCUT2D eigenvalue weighted by molar-refractivity contribution is 6.30. The number of ketones is 1. The number of Topliss-reactive ketones (excluding diaryl/α,β-unsaturated/α-hetero) is 1. The van der Waals surface area contributed by atoms with E-state index in [1.54, 1.807) is 55.5 Å². The molecule has 3 nitrogen and oxygen atoms in total. The lowest BCUT2D eigenvalue weighted by molar-refractivity contribution is -0.128. The Morgan fingerprint density at radius 2 is 1.86 bits per heavy atom. The molecule has 0 aliphatic rings. The summed E-state index contributed by atoms with van der Waals surface area (Å²) in [6.07, 6.45) is 3.40. The highest BCUT2D eigenvalue weighted by Crippen LogP contribution is 2.15. The second-order valence-electron chi connectivity index (χ2n) is 4.61. The summed E-state index contributed by atoms with van der Waals surface area (Å²) in [5, 5.41) is 0.603. The summed E-state index contributed by atoms with van der Waals surface area (Å²) in [7, 11) is 0. The van der Waals surface area contributed by atoms with Gasteiger partial charge in [0, 0.05) is 23.1 Å². The van der Waals surface area contributed by atoms with Crippen molar-refractivity contribution in [3.05, 3.63) is 70.8 Å². The molecule has 0 atom stereocenters. The largest absolute Gasteiger partial charge is 0.423 e. The number of halogens is 1. The Morgan fingerprint density at radius 1 is 1.14 bits per heavy atom. The summed E-state index contributed by atoms with van der Waals surface area (Å²) in [6, 6.07) is 13.6. The molecule has 22 heavy (non-hydrogen) atoms. The van der Waals surface area contributed by atoms with Crippen molar-refractivity contribution >= 4 is 29.4 Å². The van der Waals surface area contributed by atoms with Crippen LogP contribution in [0.1, 0.15) is 29.3 Å². The Kier molecular flexibility index (Phi) is 5.50. The van der Waals surface area contributed by atoms with Gasteiger partial charge in [-0.05, 0) is 48.0 Å². The molecule has 2 aromatic carbocycles. The fraction of sp³-hybridized carbons (Fsp3) is 0.111. The first-order valence-corrected chi connectivity index (χ1v) is 7.25. The van der Waals surface area contributed by atoms with Gasteiger partial charge in [-0.25, -0.2) is 4.79 Å². The minimum Gasteiger partial charge on any atom is -0.423 e. The molecule has 0 bridgehead atoms. The summed E-state index contributed by atoms with van der Waals surface area (Å²) >= 11 is 5.86. The van der Waals surface area contributed by atoms with E-state index >= 15 is 0 Å². The van der Waals surface area contributed by atoms with Gasteiger partial charge in [0.1, 0.15) is 5.75 Å². The fourth-order valence-electron chi connectivity index (χ4n) is 1.84. The lowest BCUT2D eigenvalue weighted by Gasteiger charge is -2.02. The number of benzene rings is 2. The molecule has 2 rings (SSSR count). The van der Waals surface area contributed by atoms with Gasteiger partial charge < -0.3 is 4.74 Å². The van der Waals surface area contributed by atoms with E-state index in [9.17, 15) is 9.59 Å². The standard InChI is InChI=1S/C18H15ClO3/c1-2-17(20)14-7-9-16(10-8-14)22-18(21)11-6-13-4-3-5-15(19)12-13/h3-12H,2H2,1H3/b11-6+. The predicted octanol–water partition coefficient (Wildman–Crippen LogP) is 4.55. The van der Waals surface area contributed by atoms with Crippen LogP contribution in [0.15, 0.2) is 54.6 Å². The Balaban J connectivity index is 1.98. The van der Waals surface area contributed by atoms with Crippen molar-refractivity contribution in [2.45, 2.75) is 13.3 Å². The van der Waals surface area contributed by atoms with E-state index in [1.807, 2.05) is 6.07 Å². The molecule has 0 aliphatic heterocycles. The molecule has 0 saturated heterocycles. The molecule has 0 aliphatic carbocycles. The lowest BCUT2D eigenvalue weighted by Crippen LogP contribution is -2.04. The topological polar surface area (TPSA) is 43.4 Å². The second-order valence-corrected chi connectivity index (χ2v) is 5.05. The van der Waals surface area contributed by atoms with Crippen molar-refractivity contribution in [1.29, 1.82) is 0 Å². The van der Waals surface area contributed by atoms with Gasteiger partial charge in [0.25, 0.3) is 0 Å². The van der Waals surface area contributed by atoms with Gasteiger partial charge in [0.2, 0.25) is 0 Å². The predicted molar refractivity (Wildman–Crippen MR) is 87.2 cm³/mol. The molecular formula is C18H15ClO3. The van der Waals surface area contributed by atoms with E-state index in [1.165, 1.54) is 6.08 Å². The first-order chi connectivity index (χ1) is 10.6. The van der Waals surface area contributed by atoms with Crippen LogP contribution in [0.25, 0.3) is 6.08 Å². The maximum Gasteiger partial charge on any atom is 0.336 e. The number of carbonyl (C=O) groups excluding carboxylic acids is 2. The summed E-state index contributed by atoms with van der Waals surface area (Å²) in [4.78, 5) is 23.2. The molecule has 0 radical (unpaired) electrons. The molecule has 0 saturated carbocycles. The molecule has 2 aromatic rings. The van der Waals surface area contributed by atoms with Crippen LogP contribution in [0.4, 0.5) is 0 Å². The van der Waals surface area contributed by atoms with E-state index in [0.29, 0.717) is 22.8 Å². The third-order valence-electron chi connectivity index (χ3n) is 2.98. The number of hydrogen-bond donors (Lipinski definition) is 0. The van der Waals surface area contributed by atoms with Crippen LogP contribution in [-0.4, -0.2) is 11.8 Å². The highest BCUT2D eigenvalue weighted by Gasteiger charge is 2.04. The van der Waals surface area contributed by atoms with Gasteiger partial charge in [-0.2, -0.15) is 0 Å². The van der Waals surface area contributed by atoms with E-state index < -0.39 is 5.97 Å². The van der Waals surface area contributed by atoms with Gasteiger partial charge in [-0.15, -0.1) is 0 Å². The highest BCUT2D eigenvalue weighted by atomic mass is 35.5. The molecule has 0 spiro atoms. The first-order valence-electron chi connectivity index (χ1n) is 6.87. The molecule has 0 fully saturated rings. The summed E-state index contributed by atoms with van der Waals surface area (Å²) < 4.78 is 5.16. The minimum atomic E-state index is -0.491. The Labute approximate surface area is 134 Å². The third kappa shape index (κ3) is 4.57. The van der Waals surface area contributed by atoms with Crippen molar-refractivity contribution in [3.8, 4) is 5.75 Å². The maximum absolute atomic E-state index is 11.7. The zero-order valence-corrected chi connectivity index (χ0v) is 12.8. The van der Waals surface area contributed by atoms with Crippen LogP contribution in [0.3, 0.4) is 0 Å². The first kappa shape index (κ1) is 16.0. The molecule has 0 N–H and O–H groups in total. The van der Waals surface area contributed by atoms with Gasteiger partial charge in [0.15, 0.2) is 5.78 Å². The van der Waals surface area contributed by atoms with Gasteiger partial charge in [0.05, 0.1) is 0 Å². The van der Waals surface area contributed by atoms with E-state index in [2.05, 4.69) is 0 Å². The smallest absolute Gasteiger partial charge is 0.336 e. The minimum absolute atomic E-state index is 0.0544. The molecular weight excluding hydrogens is 300 g/mol. The van der Waals surface area contributed by atoms with Crippen molar-refractivity contribution in [1.82, 2.24) is 0 Å². The van der Waals surface area contributed by atoms with Crippen molar-refractivity contribution < 1.29 is 14.3 Å². The Bertz CT molecular complexity index is 703. The average molecular weight is 315 g/mol. The van der Waals surface area contributed by atoms with Crippen molar-refractivity contribution in [2.75, 3.05) is 0 Å². The van der Waals surface area contributed by atoms with Gasteiger partial charge in [-0.1, -0.05) is 30.7 Å². The Hall–Kier alpha value is -2.39. The number of ether oxygens (including phenoxy) is 1. The average Bonchev–Trinajstić information content (AvgIpc) is 2.53. The van der Waals surface area contributed by atoms with E-state index in [4.69, 9.17) is 16.3 Å². The molecule has 0 heterocycles. The number of hydrogen-bond acceptors (Lipinski definition) is 3. The van der Waals surface area contributed by atoms with Crippen LogP contribution in [-0.2, 0) is 4.79 Å². The maximum atomic E-state index is 11.7. The molecule has 4 heteroatoms. The summed E-state index contributed by atoms with van der Waals surface area (Å²) in [6.45, 7) is 1.80. The number of esters is 1. The van der Waals surface area contributed by atoms with Crippen LogP contribution in [0.2, 0.25) is 5.02 Å². The van der Waals surface area contributed by atoms with E-state index in [-0.39, 0.29) is 5.78 Å². The summed E-state index contributed by atoms with van der Waals surface area (Å²) in [5.41, 5.74) is 1.42. The fourth-order valence-corrected chi connectivity index (χ4v) is 2.04. The van der Waals surface area contributed by atoms with Gasteiger partial charge >= 0.3 is 5.97 Å². The van der Waals surface area contributed by atoms with E-state index in [0.717, 1.165) is 5.56 Å². The normalized spacial score (nSPS) is 10.6. The summed E-state index contributed by atoms with van der Waals surface area (Å²) in [5.74, 6) is -0.0401. The second kappa shape index (κ2) is 7.57. The van der Waals surface area contributed by atoms with Crippen LogP contribution < -0.4 is 4.74 Å². The van der Waals surface area contributed by atoms with Gasteiger partial charge in [-0.3, -0.25) is 4.79 Å². The number of rotatable bonds is 5.